The number of nitrogens with one attached hydrogen (secondary N) is 1. The predicted octanol–water partition coefficient (Wildman–Crippen LogP) is 0.0686. The van der Waals surface area contributed by atoms with E-state index in [-0.39, 0.29) is 15.4 Å². The van der Waals surface area contributed by atoms with Crippen LogP contribution in [0.15, 0.2) is 4.34 Å². The second-order valence-corrected chi connectivity index (χ2v) is 7.32. The van der Waals surface area contributed by atoms with E-state index in [1.165, 1.54) is 14.0 Å². The molecule has 0 radical (unpaired) electrons. The minimum atomic E-state index is -3.99. The van der Waals surface area contributed by atoms with Gasteiger partial charge in [-0.15, -0.1) is 10.2 Å². The summed E-state index contributed by atoms with van der Waals surface area (Å²) in [5.41, 5.74) is 0. The number of aromatic nitrogens is 2. The van der Waals surface area contributed by atoms with Crippen LogP contribution in [0.2, 0.25) is 0 Å². The molecule has 0 spiro atoms. The van der Waals surface area contributed by atoms with Gasteiger partial charge in [-0.25, -0.2) is 8.42 Å². The highest BCUT2D eigenvalue weighted by atomic mass is 32.2. The number of carbonyl (C=O) groups is 2. The fraction of sp³-hybridized carbons (Fsp3) is 0.600. The van der Waals surface area contributed by atoms with Gasteiger partial charge in [-0.1, -0.05) is 11.3 Å². The molecule has 0 aliphatic carbocycles. The minimum Gasteiger partial charge on any atom is -0.468 e. The third-order valence-electron chi connectivity index (χ3n) is 2.31. The maximum atomic E-state index is 12.4. The molecule has 0 aliphatic heterocycles. The Bertz CT molecular complexity index is 625. The molecule has 0 saturated heterocycles. The van der Waals surface area contributed by atoms with Crippen LogP contribution < -0.4 is 5.32 Å². The summed E-state index contributed by atoms with van der Waals surface area (Å²) < 4.78 is 30.0. The number of carbonyl (C=O) groups excluding carboxylic acids is 2. The van der Waals surface area contributed by atoms with Crippen LogP contribution in [0, 0.1) is 0 Å². The number of methoxy groups -OCH3 is 1. The molecule has 9 nitrogen and oxygen atoms in total. The summed E-state index contributed by atoms with van der Waals surface area (Å²) in [4.78, 5) is 22.2. The summed E-state index contributed by atoms with van der Waals surface area (Å²) in [6, 6.07) is -0.470. The van der Waals surface area contributed by atoms with Crippen LogP contribution in [0.1, 0.15) is 20.8 Å². The molecular formula is C10H16N4O5S2. The quantitative estimate of drug-likeness (QED) is 0.576. The van der Waals surface area contributed by atoms with Gasteiger partial charge in [-0.05, 0) is 13.8 Å². The first kappa shape index (κ1) is 17.5. The average molecular weight is 336 g/mol. The Morgan fingerprint density at radius 1 is 1.38 bits per heavy atom. The van der Waals surface area contributed by atoms with Gasteiger partial charge in [0.15, 0.2) is 0 Å². The van der Waals surface area contributed by atoms with Crippen LogP contribution in [0.5, 0.6) is 0 Å². The molecule has 0 atom stereocenters. The third kappa shape index (κ3) is 4.44. The van der Waals surface area contributed by atoms with E-state index < -0.39 is 28.6 Å². The predicted molar refractivity (Wildman–Crippen MR) is 75.3 cm³/mol. The smallest absolute Gasteiger partial charge is 0.321 e. The van der Waals surface area contributed by atoms with Crippen LogP contribution >= 0.6 is 11.3 Å². The molecule has 1 amide bonds. The van der Waals surface area contributed by atoms with Gasteiger partial charge in [-0.2, -0.15) is 4.31 Å². The van der Waals surface area contributed by atoms with Gasteiger partial charge in [0.05, 0.1) is 7.11 Å². The molecule has 11 heteroatoms. The van der Waals surface area contributed by atoms with E-state index >= 15 is 0 Å². The van der Waals surface area contributed by atoms with Crippen LogP contribution in [-0.2, 0) is 24.3 Å². The van der Waals surface area contributed by atoms with Gasteiger partial charge < -0.3 is 10.1 Å². The van der Waals surface area contributed by atoms with Crippen molar-refractivity contribution in [1.29, 1.82) is 0 Å². The Labute approximate surface area is 126 Å². The number of hydrogen-bond donors (Lipinski definition) is 1. The lowest BCUT2D eigenvalue weighted by Crippen LogP contribution is -2.40. The molecule has 0 bridgehead atoms. The van der Waals surface area contributed by atoms with E-state index in [9.17, 15) is 18.0 Å². The number of ether oxygens (including phenoxy) is 1. The molecule has 1 N–H and O–H groups in total. The first-order valence-corrected chi connectivity index (χ1v) is 8.14. The van der Waals surface area contributed by atoms with Crippen LogP contribution in [-0.4, -0.2) is 54.5 Å². The lowest BCUT2D eigenvalue weighted by Gasteiger charge is -2.22. The van der Waals surface area contributed by atoms with Gasteiger partial charge in [-0.3, -0.25) is 9.59 Å². The molecule has 0 aromatic carbocycles. The van der Waals surface area contributed by atoms with Crippen LogP contribution in [0.25, 0.3) is 0 Å². The van der Waals surface area contributed by atoms with Crippen molar-refractivity contribution in [2.24, 2.45) is 0 Å². The molecular weight excluding hydrogens is 320 g/mol. The van der Waals surface area contributed by atoms with Crippen molar-refractivity contribution >= 4 is 38.4 Å². The molecule has 1 aromatic rings. The van der Waals surface area contributed by atoms with Gasteiger partial charge in [0.2, 0.25) is 15.4 Å². The molecule has 118 valence electrons. The lowest BCUT2D eigenvalue weighted by molar-refractivity contribution is -0.141. The van der Waals surface area contributed by atoms with E-state index in [0.717, 1.165) is 4.31 Å². The summed E-state index contributed by atoms with van der Waals surface area (Å²) >= 11 is 0.713. The van der Waals surface area contributed by atoms with E-state index in [0.29, 0.717) is 11.3 Å². The molecule has 21 heavy (non-hydrogen) atoms. The second-order valence-electron chi connectivity index (χ2n) is 4.27. The summed E-state index contributed by atoms with van der Waals surface area (Å²) in [5, 5.41) is 9.55. The summed E-state index contributed by atoms with van der Waals surface area (Å²) in [5.74, 6) is -1.07. The maximum absolute atomic E-state index is 12.4. The Kier molecular flexibility index (Phi) is 5.75. The van der Waals surface area contributed by atoms with Crippen molar-refractivity contribution in [2.45, 2.75) is 31.2 Å². The number of anilines is 1. The summed E-state index contributed by atoms with van der Waals surface area (Å²) in [6.45, 7) is 4.09. The summed E-state index contributed by atoms with van der Waals surface area (Å²) in [6.07, 6.45) is 0. The lowest BCUT2D eigenvalue weighted by atomic mass is 10.4. The largest absolute Gasteiger partial charge is 0.468 e. The zero-order valence-corrected chi connectivity index (χ0v) is 13.6. The van der Waals surface area contributed by atoms with Crippen molar-refractivity contribution in [3.05, 3.63) is 0 Å². The number of esters is 1. The number of rotatable bonds is 6. The Morgan fingerprint density at radius 2 is 2.00 bits per heavy atom. The molecule has 1 aromatic heterocycles. The minimum absolute atomic E-state index is 0.0721. The standard InChI is InChI=1S/C10H16N4O5S2/c1-6(2)14(5-8(16)19-4)21(17,18)10-13-12-9(20-10)11-7(3)15/h6H,5H2,1-4H3,(H,11,12,15). The zero-order chi connectivity index (χ0) is 16.2. The second kappa shape index (κ2) is 6.91. The number of amides is 1. The molecule has 0 aliphatic rings. The first-order chi connectivity index (χ1) is 9.68. The normalized spacial score (nSPS) is 11.7. The fourth-order valence-corrected chi connectivity index (χ4v) is 4.00. The Morgan fingerprint density at radius 3 is 2.48 bits per heavy atom. The Balaban J connectivity index is 3.08. The Hall–Kier alpha value is -1.59. The number of nitrogens with zero attached hydrogens (tertiary/aromatic N) is 3. The molecule has 0 saturated carbocycles. The number of sulfonamides is 1. The maximum Gasteiger partial charge on any atom is 0.321 e. The van der Waals surface area contributed by atoms with E-state index in [2.05, 4.69) is 20.3 Å². The fourth-order valence-electron chi connectivity index (χ4n) is 1.35. The highest BCUT2D eigenvalue weighted by Gasteiger charge is 2.32. The van der Waals surface area contributed by atoms with Gasteiger partial charge in [0.1, 0.15) is 6.54 Å². The molecule has 0 fully saturated rings. The van der Waals surface area contributed by atoms with Crippen molar-refractivity contribution in [3.63, 3.8) is 0 Å². The number of hydrogen-bond acceptors (Lipinski definition) is 8. The molecule has 0 unspecified atom stereocenters. The van der Waals surface area contributed by atoms with Gasteiger partial charge >= 0.3 is 5.97 Å². The van der Waals surface area contributed by atoms with Crippen molar-refractivity contribution in [1.82, 2.24) is 14.5 Å². The van der Waals surface area contributed by atoms with Crippen LogP contribution in [0.3, 0.4) is 0 Å². The van der Waals surface area contributed by atoms with E-state index in [4.69, 9.17) is 0 Å². The highest BCUT2D eigenvalue weighted by molar-refractivity contribution is 7.91. The average Bonchev–Trinajstić information content (AvgIpc) is 2.83. The van der Waals surface area contributed by atoms with Crippen molar-refractivity contribution < 1.29 is 22.7 Å². The van der Waals surface area contributed by atoms with Gasteiger partial charge in [0, 0.05) is 13.0 Å². The monoisotopic (exact) mass is 336 g/mol. The highest BCUT2D eigenvalue weighted by Crippen LogP contribution is 2.24. The first-order valence-electron chi connectivity index (χ1n) is 5.88. The SMILES string of the molecule is COC(=O)CN(C(C)C)S(=O)(=O)c1nnc(NC(C)=O)s1. The summed E-state index contributed by atoms with van der Waals surface area (Å²) in [7, 11) is -2.82. The third-order valence-corrected chi connectivity index (χ3v) is 5.51. The van der Waals surface area contributed by atoms with E-state index in [1.807, 2.05) is 0 Å². The van der Waals surface area contributed by atoms with E-state index in [1.54, 1.807) is 13.8 Å². The van der Waals surface area contributed by atoms with Crippen molar-refractivity contribution in [3.8, 4) is 0 Å². The molecule has 1 heterocycles. The zero-order valence-electron chi connectivity index (χ0n) is 12.0. The van der Waals surface area contributed by atoms with Crippen LogP contribution in [0.4, 0.5) is 5.13 Å². The van der Waals surface area contributed by atoms with Gasteiger partial charge in [0.25, 0.3) is 10.0 Å². The topological polar surface area (TPSA) is 119 Å². The molecule has 1 rings (SSSR count). The van der Waals surface area contributed by atoms with Crippen molar-refractivity contribution in [2.75, 3.05) is 19.0 Å².